The van der Waals surface area contributed by atoms with Crippen molar-refractivity contribution in [2.24, 2.45) is 0 Å². The van der Waals surface area contributed by atoms with Crippen molar-refractivity contribution >= 4 is 33.6 Å². The van der Waals surface area contributed by atoms with Crippen molar-refractivity contribution in [3.8, 4) is 11.5 Å². The largest absolute Gasteiger partial charge is 0.490 e. The first-order chi connectivity index (χ1) is 10.9. The van der Waals surface area contributed by atoms with E-state index in [1.54, 1.807) is 12.1 Å². The van der Waals surface area contributed by atoms with Gasteiger partial charge in [-0.25, -0.2) is 4.79 Å². The lowest BCUT2D eigenvalue weighted by Gasteiger charge is -2.19. The van der Waals surface area contributed by atoms with E-state index in [4.69, 9.17) is 14.6 Å². The molecule has 0 aromatic heterocycles. The number of urea groups is 1. The summed E-state index contributed by atoms with van der Waals surface area (Å²) in [5.74, 6) is 0.157. The number of carboxylic acid groups (broad SMARTS) is 1. The van der Waals surface area contributed by atoms with Crippen LogP contribution < -0.4 is 14.8 Å². The summed E-state index contributed by atoms with van der Waals surface area (Å²) in [6.45, 7) is 4.81. The van der Waals surface area contributed by atoms with Gasteiger partial charge in [-0.1, -0.05) is 0 Å². The molecule has 23 heavy (non-hydrogen) atoms. The maximum atomic E-state index is 12.1. The average Bonchev–Trinajstić information content (AvgIpc) is 2.49. The Bertz CT molecular complexity index is 565. The minimum Gasteiger partial charge on any atom is -0.490 e. The van der Waals surface area contributed by atoms with Crippen LogP contribution in [0, 0.1) is 0 Å². The van der Waals surface area contributed by atoms with Gasteiger partial charge in [-0.15, -0.1) is 0 Å². The highest BCUT2D eigenvalue weighted by Crippen LogP contribution is 2.36. The van der Waals surface area contributed by atoms with Crippen LogP contribution in [0.2, 0.25) is 0 Å². The fraction of sp³-hybridized carbons (Fsp3) is 0.467. The number of aliphatic carboxylic acids is 1. The van der Waals surface area contributed by atoms with E-state index in [2.05, 4.69) is 21.2 Å². The summed E-state index contributed by atoms with van der Waals surface area (Å²) < 4.78 is 11.7. The van der Waals surface area contributed by atoms with E-state index in [9.17, 15) is 9.59 Å². The van der Waals surface area contributed by atoms with Crippen LogP contribution in [0.25, 0.3) is 0 Å². The third-order valence-corrected chi connectivity index (χ3v) is 3.54. The molecule has 1 aromatic carbocycles. The van der Waals surface area contributed by atoms with Crippen molar-refractivity contribution in [2.75, 3.05) is 32.1 Å². The first-order valence-electron chi connectivity index (χ1n) is 7.22. The standard InChI is InChI=1S/C15H21BrN2O5/c1-4-22-12-8-10(16)11(9-13(12)23-5-2)17-15(21)18(3)7-6-14(19)20/h8-9H,4-7H2,1-3H3,(H,17,21)(H,19,20). The summed E-state index contributed by atoms with van der Waals surface area (Å²) in [6.07, 6.45) is -0.113. The molecule has 1 aromatic rings. The van der Waals surface area contributed by atoms with Crippen molar-refractivity contribution in [3.63, 3.8) is 0 Å². The lowest BCUT2D eigenvalue weighted by molar-refractivity contribution is -0.137. The molecule has 2 amide bonds. The summed E-state index contributed by atoms with van der Waals surface area (Å²) in [6, 6.07) is 2.99. The number of benzene rings is 1. The van der Waals surface area contributed by atoms with Crippen LogP contribution in [0.15, 0.2) is 16.6 Å². The Morgan fingerprint density at radius 3 is 2.30 bits per heavy atom. The second-order valence-corrected chi connectivity index (χ2v) is 5.49. The Hall–Kier alpha value is -1.96. The molecule has 0 unspecified atom stereocenters. The van der Waals surface area contributed by atoms with Crippen LogP contribution in [-0.4, -0.2) is 48.8 Å². The molecular weight excluding hydrogens is 368 g/mol. The predicted molar refractivity (Wildman–Crippen MR) is 90.4 cm³/mol. The quantitative estimate of drug-likeness (QED) is 0.713. The Morgan fingerprint density at radius 2 is 1.78 bits per heavy atom. The number of nitrogens with one attached hydrogen (secondary N) is 1. The zero-order valence-corrected chi connectivity index (χ0v) is 15.0. The molecule has 0 saturated carbocycles. The highest BCUT2D eigenvalue weighted by Gasteiger charge is 2.15. The van der Waals surface area contributed by atoms with Gasteiger partial charge in [0.2, 0.25) is 0 Å². The van der Waals surface area contributed by atoms with Gasteiger partial charge in [0, 0.05) is 30.2 Å². The molecule has 2 N–H and O–H groups in total. The molecule has 1 rings (SSSR count). The number of hydrogen-bond donors (Lipinski definition) is 2. The number of nitrogens with zero attached hydrogens (tertiary/aromatic N) is 1. The molecule has 0 spiro atoms. The normalized spacial score (nSPS) is 10.1. The van der Waals surface area contributed by atoms with E-state index in [0.29, 0.717) is 34.9 Å². The third kappa shape index (κ3) is 5.97. The summed E-state index contributed by atoms with van der Waals surface area (Å²) in [4.78, 5) is 23.9. The molecule has 128 valence electrons. The molecule has 0 saturated heterocycles. The highest BCUT2D eigenvalue weighted by molar-refractivity contribution is 9.10. The Labute approximate surface area is 143 Å². The van der Waals surface area contributed by atoms with Crippen molar-refractivity contribution in [1.29, 1.82) is 0 Å². The number of amides is 2. The van der Waals surface area contributed by atoms with E-state index in [0.717, 1.165) is 0 Å². The van der Waals surface area contributed by atoms with Gasteiger partial charge >= 0.3 is 12.0 Å². The van der Waals surface area contributed by atoms with E-state index in [1.165, 1.54) is 11.9 Å². The Morgan fingerprint density at radius 1 is 1.22 bits per heavy atom. The minimum atomic E-state index is -0.953. The second-order valence-electron chi connectivity index (χ2n) is 4.64. The Kier molecular flexibility index (Phi) is 7.67. The van der Waals surface area contributed by atoms with Gasteiger partial charge in [0.05, 0.1) is 25.3 Å². The lowest BCUT2D eigenvalue weighted by atomic mass is 10.2. The molecule has 0 radical (unpaired) electrons. The van der Waals surface area contributed by atoms with Crippen LogP contribution in [0.3, 0.4) is 0 Å². The van der Waals surface area contributed by atoms with E-state index < -0.39 is 12.0 Å². The zero-order valence-electron chi connectivity index (χ0n) is 13.4. The molecular formula is C15H21BrN2O5. The number of hydrogen-bond acceptors (Lipinski definition) is 4. The van der Waals surface area contributed by atoms with Gasteiger partial charge in [-0.05, 0) is 29.8 Å². The lowest BCUT2D eigenvalue weighted by Crippen LogP contribution is -2.33. The van der Waals surface area contributed by atoms with Crippen LogP contribution in [0.1, 0.15) is 20.3 Å². The van der Waals surface area contributed by atoms with Crippen molar-refractivity contribution in [1.82, 2.24) is 4.90 Å². The molecule has 0 aliphatic carbocycles. The SMILES string of the molecule is CCOc1cc(Br)c(NC(=O)N(C)CCC(=O)O)cc1OCC. The molecule has 0 atom stereocenters. The molecule has 0 aliphatic rings. The fourth-order valence-corrected chi connectivity index (χ4v) is 2.16. The van der Waals surface area contributed by atoms with Gasteiger partial charge in [0.25, 0.3) is 0 Å². The summed E-state index contributed by atoms with van der Waals surface area (Å²) >= 11 is 3.38. The fourth-order valence-electron chi connectivity index (χ4n) is 1.74. The third-order valence-electron chi connectivity index (χ3n) is 2.88. The number of halogens is 1. The number of carbonyl (C=O) groups is 2. The second kappa shape index (κ2) is 9.24. The first-order valence-corrected chi connectivity index (χ1v) is 8.01. The van der Waals surface area contributed by atoms with E-state index in [-0.39, 0.29) is 13.0 Å². The smallest absolute Gasteiger partial charge is 0.321 e. The number of rotatable bonds is 8. The van der Waals surface area contributed by atoms with Crippen molar-refractivity contribution in [3.05, 3.63) is 16.6 Å². The van der Waals surface area contributed by atoms with E-state index >= 15 is 0 Å². The topological polar surface area (TPSA) is 88.1 Å². The molecule has 7 nitrogen and oxygen atoms in total. The van der Waals surface area contributed by atoms with Gasteiger partial charge in [-0.3, -0.25) is 4.79 Å². The van der Waals surface area contributed by atoms with Crippen LogP contribution in [0.5, 0.6) is 11.5 Å². The van der Waals surface area contributed by atoms with Gasteiger partial charge in [0.15, 0.2) is 11.5 Å². The summed E-state index contributed by atoms with van der Waals surface area (Å²) in [7, 11) is 1.53. The molecule has 0 fully saturated rings. The van der Waals surface area contributed by atoms with Crippen LogP contribution in [0.4, 0.5) is 10.5 Å². The number of anilines is 1. The van der Waals surface area contributed by atoms with Gasteiger partial charge in [0.1, 0.15) is 0 Å². The van der Waals surface area contributed by atoms with Gasteiger partial charge < -0.3 is 24.8 Å². The van der Waals surface area contributed by atoms with E-state index in [1.807, 2.05) is 13.8 Å². The average molecular weight is 389 g/mol. The van der Waals surface area contributed by atoms with Gasteiger partial charge in [-0.2, -0.15) is 0 Å². The first kappa shape index (κ1) is 19.1. The maximum absolute atomic E-state index is 12.1. The summed E-state index contributed by atoms with van der Waals surface area (Å²) in [5, 5.41) is 11.4. The molecule has 0 heterocycles. The maximum Gasteiger partial charge on any atom is 0.321 e. The molecule has 8 heteroatoms. The number of ether oxygens (including phenoxy) is 2. The van der Waals surface area contributed by atoms with Crippen molar-refractivity contribution < 1.29 is 24.2 Å². The predicted octanol–water partition coefficient (Wildman–Crippen LogP) is 3.18. The monoisotopic (exact) mass is 388 g/mol. The van der Waals surface area contributed by atoms with Crippen LogP contribution in [-0.2, 0) is 4.79 Å². The molecule has 0 aliphatic heterocycles. The Balaban J connectivity index is 2.88. The summed E-state index contributed by atoms with van der Waals surface area (Å²) in [5.41, 5.74) is 0.518. The number of carboxylic acids is 1. The van der Waals surface area contributed by atoms with Crippen molar-refractivity contribution in [2.45, 2.75) is 20.3 Å². The highest BCUT2D eigenvalue weighted by atomic mass is 79.9. The minimum absolute atomic E-state index is 0.113. The van der Waals surface area contributed by atoms with Crippen LogP contribution >= 0.6 is 15.9 Å². The molecule has 0 bridgehead atoms. The number of carbonyl (C=O) groups excluding carboxylic acids is 1. The zero-order chi connectivity index (χ0) is 17.4.